The molecule has 1 aliphatic carbocycles. The molecular weight excluding hydrogens is 250 g/mol. The first-order valence-electron chi connectivity index (χ1n) is 7.50. The molecule has 0 N–H and O–H groups in total. The first-order valence-corrected chi connectivity index (χ1v) is 7.50. The molecule has 2 aliphatic rings. The predicted octanol–water partition coefficient (Wildman–Crippen LogP) is 3.80. The Morgan fingerprint density at radius 1 is 1.20 bits per heavy atom. The first-order chi connectivity index (χ1) is 9.46. The minimum Gasteiger partial charge on any atom is -0.444 e. The number of carbonyl (C=O) groups is 1. The van der Waals surface area contributed by atoms with Crippen molar-refractivity contribution in [3.8, 4) is 0 Å². The van der Waals surface area contributed by atoms with Crippen LogP contribution in [0, 0.1) is 5.92 Å². The van der Waals surface area contributed by atoms with Crippen molar-refractivity contribution < 1.29 is 9.53 Å². The van der Waals surface area contributed by atoms with Gasteiger partial charge < -0.3 is 9.64 Å². The lowest BCUT2D eigenvalue weighted by atomic mass is 9.90. The topological polar surface area (TPSA) is 29.5 Å². The molecule has 1 heterocycles. The number of piperidine rings is 1. The molecule has 3 atom stereocenters. The molecule has 3 heteroatoms. The van der Waals surface area contributed by atoms with Crippen LogP contribution in [0.1, 0.15) is 45.1 Å². The Hall–Kier alpha value is -1.51. The summed E-state index contributed by atoms with van der Waals surface area (Å²) in [6.07, 6.45) is 2.18. The Kier molecular flexibility index (Phi) is 3.23. The number of hydrogen-bond donors (Lipinski definition) is 0. The number of ether oxygens (including phenoxy) is 1. The molecule has 20 heavy (non-hydrogen) atoms. The second-order valence-electron chi connectivity index (χ2n) is 6.97. The van der Waals surface area contributed by atoms with E-state index in [1.165, 1.54) is 12.0 Å². The van der Waals surface area contributed by atoms with E-state index in [-0.39, 0.29) is 6.09 Å². The summed E-state index contributed by atoms with van der Waals surface area (Å²) >= 11 is 0. The van der Waals surface area contributed by atoms with E-state index in [4.69, 9.17) is 4.74 Å². The van der Waals surface area contributed by atoms with Crippen molar-refractivity contribution in [3.05, 3.63) is 35.9 Å². The number of fused-ring (bicyclic) bond motifs is 2. The largest absolute Gasteiger partial charge is 0.444 e. The van der Waals surface area contributed by atoms with Crippen LogP contribution < -0.4 is 0 Å². The van der Waals surface area contributed by atoms with E-state index in [2.05, 4.69) is 24.3 Å². The fraction of sp³-hybridized carbons (Fsp3) is 0.588. The molecule has 0 spiro atoms. The van der Waals surface area contributed by atoms with E-state index < -0.39 is 5.60 Å². The lowest BCUT2D eigenvalue weighted by Crippen LogP contribution is -2.41. The van der Waals surface area contributed by atoms with Crippen LogP contribution in [-0.2, 0) is 4.74 Å². The minimum atomic E-state index is -0.416. The van der Waals surface area contributed by atoms with E-state index >= 15 is 0 Å². The third-order valence-electron chi connectivity index (χ3n) is 4.40. The number of nitrogens with zero attached hydrogens (tertiary/aromatic N) is 1. The van der Waals surface area contributed by atoms with Crippen molar-refractivity contribution in [2.45, 2.75) is 51.2 Å². The van der Waals surface area contributed by atoms with Crippen LogP contribution >= 0.6 is 0 Å². The summed E-state index contributed by atoms with van der Waals surface area (Å²) in [6.45, 7) is 6.62. The number of likely N-dealkylation sites (tertiary alicyclic amines) is 1. The molecule has 2 bridgehead atoms. The highest BCUT2D eigenvalue weighted by Crippen LogP contribution is 2.48. The van der Waals surface area contributed by atoms with Crippen LogP contribution in [0.15, 0.2) is 30.3 Å². The van der Waals surface area contributed by atoms with E-state index in [1.807, 2.05) is 31.7 Å². The van der Waals surface area contributed by atoms with Gasteiger partial charge in [0.15, 0.2) is 0 Å². The first kappa shape index (κ1) is 13.5. The number of amides is 1. The van der Waals surface area contributed by atoms with Crippen LogP contribution in [0.3, 0.4) is 0 Å². The van der Waals surface area contributed by atoms with Gasteiger partial charge >= 0.3 is 6.09 Å². The molecule has 0 radical (unpaired) electrons. The van der Waals surface area contributed by atoms with Gasteiger partial charge in [0.1, 0.15) is 5.60 Å². The average Bonchev–Trinajstić information content (AvgIpc) is 2.95. The monoisotopic (exact) mass is 273 g/mol. The van der Waals surface area contributed by atoms with E-state index in [0.29, 0.717) is 17.9 Å². The van der Waals surface area contributed by atoms with Gasteiger partial charge in [0.2, 0.25) is 0 Å². The molecule has 2 fully saturated rings. The van der Waals surface area contributed by atoms with E-state index in [0.717, 1.165) is 13.0 Å². The summed E-state index contributed by atoms with van der Waals surface area (Å²) in [5.41, 5.74) is 0.951. The number of carbonyl (C=O) groups excluding carboxylic acids is 1. The highest BCUT2D eigenvalue weighted by molar-refractivity contribution is 5.69. The quantitative estimate of drug-likeness (QED) is 0.779. The molecular formula is C17H23NO2. The Morgan fingerprint density at radius 3 is 2.55 bits per heavy atom. The van der Waals surface area contributed by atoms with Gasteiger partial charge in [-0.2, -0.15) is 0 Å². The summed E-state index contributed by atoms with van der Waals surface area (Å²) in [5.74, 6) is 1.08. The molecule has 3 rings (SSSR count). The normalized spacial score (nSPS) is 28.8. The zero-order chi connectivity index (χ0) is 14.3. The second-order valence-corrected chi connectivity index (χ2v) is 6.97. The molecule has 1 amide bonds. The molecule has 1 aromatic carbocycles. The number of hydrogen-bond acceptors (Lipinski definition) is 2. The van der Waals surface area contributed by atoms with Crippen molar-refractivity contribution in [2.75, 3.05) is 6.54 Å². The summed E-state index contributed by atoms with van der Waals surface area (Å²) in [4.78, 5) is 14.3. The summed E-state index contributed by atoms with van der Waals surface area (Å²) in [6, 6.07) is 10.9. The second kappa shape index (κ2) is 4.80. The van der Waals surface area contributed by atoms with Crippen LogP contribution in [0.5, 0.6) is 0 Å². The van der Waals surface area contributed by atoms with Gasteiger partial charge in [0.25, 0.3) is 0 Å². The Balaban J connectivity index is 1.77. The minimum absolute atomic E-state index is 0.148. The van der Waals surface area contributed by atoms with E-state index in [9.17, 15) is 4.79 Å². The zero-order valence-corrected chi connectivity index (χ0v) is 12.5. The summed E-state index contributed by atoms with van der Waals surface area (Å²) < 4.78 is 5.55. The van der Waals surface area contributed by atoms with Gasteiger partial charge in [-0.05, 0) is 45.1 Å². The zero-order valence-electron chi connectivity index (χ0n) is 12.5. The summed E-state index contributed by atoms with van der Waals surface area (Å²) in [7, 11) is 0. The Morgan fingerprint density at radius 2 is 1.90 bits per heavy atom. The molecule has 1 saturated heterocycles. The summed E-state index contributed by atoms with van der Waals surface area (Å²) in [5, 5.41) is 0. The van der Waals surface area contributed by atoms with Crippen molar-refractivity contribution in [2.24, 2.45) is 5.92 Å². The fourth-order valence-electron chi connectivity index (χ4n) is 3.70. The van der Waals surface area contributed by atoms with Gasteiger partial charge in [-0.25, -0.2) is 4.79 Å². The van der Waals surface area contributed by atoms with Crippen LogP contribution in [0.2, 0.25) is 0 Å². The molecule has 1 saturated carbocycles. The molecule has 0 aromatic heterocycles. The molecule has 1 aromatic rings. The SMILES string of the molecule is CC(C)(C)OC(=O)N1C[C@H]2CC[C@@H]1[C@H]2c1ccccc1. The average molecular weight is 273 g/mol. The predicted molar refractivity (Wildman–Crippen MR) is 78.6 cm³/mol. The smallest absolute Gasteiger partial charge is 0.410 e. The molecule has 3 nitrogen and oxygen atoms in total. The fourth-order valence-corrected chi connectivity index (χ4v) is 3.70. The van der Waals surface area contributed by atoms with Crippen molar-refractivity contribution in [1.29, 1.82) is 0 Å². The van der Waals surface area contributed by atoms with Gasteiger partial charge in [0, 0.05) is 18.5 Å². The van der Waals surface area contributed by atoms with E-state index in [1.54, 1.807) is 0 Å². The third kappa shape index (κ3) is 2.41. The Labute approximate surface area is 120 Å². The van der Waals surface area contributed by atoms with Crippen molar-refractivity contribution in [1.82, 2.24) is 4.90 Å². The van der Waals surface area contributed by atoms with Crippen molar-refractivity contribution >= 4 is 6.09 Å². The maximum Gasteiger partial charge on any atom is 0.410 e. The highest BCUT2D eigenvalue weighted by atomic mass is 16.6. The maximum atomic E-state index is 12.3. The standard InChI is InChI=1S/C17H23NO2/c1-17(2,3)20-16(19)18-11-13-9-10-14(18)15(13)12-7-5-4-6-8-12/h4-8,13-15H,9-11H2,1-3H3/t13-,14-,15+/m1/s1. The van der Waals surface area contributed by atoms with Gasteiger partial charge in [-0.1, -0.05) is 30.3 Å². The van der Waals surface area contributed by atoms with Gasteiger partial charge in [0.05, 0.1) is 0 Å². The molecule has 108 valence electrons. The third-order valence-corrected chi connectivity index (χ3v) is 4.40. The molecule has 1 aliphatic heterocycles. The lowest BCUT2D eigenvalue weighted by molar-refractivity contribution is 0.0187. The van der Waals surface area contributed by atoms with Crippen molar-refractivity contribution in [3.63, 3.8) is 0 Å². The number of benzene rings is 1. The maximum absolute atomic E-state index is 12.3. The lowest BCUT2D eigenvalue weighted by Gasteiger charge is -2.30. The number of rotatable bonds is 1. The van der Waals surface area contributed by atoms with Gasteiger partial charge in [-0.3, -0.25) is 0 Å². The van der Waals surface area contributed by atoms with Crippen LogP contribution in [-0.4, -0.2) is 29.2 Å². The Bertz CT molecular complexity index is 491. The van der Waals surface area contributed by atoms with Crippen LogP contribution in [0.4, 0.5) is 4.79 Å². The van der Waals surface area contributed by atoms with Gasteiger partial charge in [-0.15, -0.1) is 0 Å². The van der Waals surface area contributed by atoms with Crippen LogP contribution in [0.25, 0.3) is 0 Å². The highest BCUT2D eigenvalue weighted by Gasteiger charge is 2.50. The molecule has 0 unspecified atom stereocenters.